The molecule has 0 saturated carbocycles. The summed E-state index contributed by atoms with van der Waals surface area (Å²) in [5, 5.41) is 6.56. The number of hydrogen-bond acceptors (Lipinski definition) is 4. The normalized spacial score (nSPS) is 12.0. The average Bonchev–Trinajstić information content (AvgIpc) is 3.09. The van der Waals surface area contributed by atoms with Crippen LogP contribution in [0.3, 0.4) is 0 Å². The van der Waals surface area contributed by atoms with Crippen LogP contribution >= 0.6 is 0 Å². The molecule has 1 aromatic heterocycles. The monoisotopic (exact) mass is 357 g/mol. The predicted molar refractivity (Wildman–Crippen MR) is 91.0 cm³/mol. The molecular weight excluding hydrogens is 340 g/mol. The molecule has 3 aromatic rings. The molecule has 5 nitrogen and oxygen atoms in total. The number of aryl methyl sites for hydroxylation is 1. The van der Waals surface area contributed by atoms with Crippen molar-refractivity contribution < 1.29 is 18.1 Å². The lowest BCUT2D eigenvalue weighted by atomic mass is 10.1. The zero-order valence-corrected chi connectivity index (χ0v) is 14.1. The third kappa shape index (κ3) is 4.30. The van der Waals surface area contributed by atoms with E-state index in [4.69, 9.17) is 4.52 Å². The van der Waals surface area contributed by atoms with E-state index >= 15 is 0 Å². The minimum Gasteiger partial charge on any atom is -0.349 e. The van der Waals surface area contributed by atoms with Gasteiger partial charge in [-0.3, -0.25) is 4.79 Å². The first kappa shape index (κ1) is 17.7. The molecule has 1 N–H and O–H groups in total. The maximum atomic E-state index is 13.7. The Kier molecular flexibility index (Phi) is 5.36. The highest BCUT2D eigenvalue weighted by molar-refractivity contribution is 5.76. The van der Waals surface area contributed by atoms with Gasteiger partial charge in [0.1, 0.15) is 11.6 Å². The van der Waals surface area contributed by atoms with Gasteiger partial charge in [0.25, 0.3) is 0 Å². The van der Waals surface area contributed by atoms with E-state index in [0.29, 0.717) is 11.7 Å². The van der Waals surface area contributed by atoms with Gasteiger partial charge in [-0.05, 0) is 13.0 Å². The molecule has 3 rings (SSSR count). The third-order valence-electron chi connectivity index (χ3n) is 3.87. The number of carbonyl (C=O) groups excluding carboxylic acids is 1. The predicted octanol–water partition coefficient (Wildman–Crippen LogP) is 3.82. The van der Waals surface area contributed by atoms with Gasteiger partial charge in [0.05, 0.1) is 6.04 Å². The number of rotatable bonds is 6. The Morgan fingerprint density at radius 1 is 1.19 bits per heavy atom. The van der Waals surface area contributed by atoms with Crippen molar-refractivity contribution in [3.05, 3.63) is 71.6 Å². The zero-order chi connectivity index (χ0) is 18.5. The second-order valence-corrected chi connectivity index (χ2v) is 5.83. The van der Waals surface area contributed by atoms with E-state index in [1.165, 1.54) is 6.07 Å². The molecule has 1 atom stereocenters. The number of hydrogen-bond donors (Lipinski definition) is 1. The van der Waals surface area contributed by atoms with Crippen molar-refractivity contribution in [2.75, 3.05) is 0 Å². The maximum absolute atomic E-state index is 13.7. The zero-order valence-electron chi connectivity index (χ0n) is 14.1. The lowest BCUT2D eigenvalue weighted by molar-refractivity contribution is -0.121. The Balaban J connectivity index is 1.55. The summed E-state index contributed by atoms with van der Waals surface area (Å²) < 4.78 is 31.8. The number of benzene rings is 2. The van der Waals surface area contributed by atoms with Crippen molar-refractivity contribution in [1.82, 2.24) is 15.5 Å². The topological polar surface area (TPSA) is 68.0 Å². The Bertz CT molecular complexity index is 897. The number of halogens is 2. The minimum absolute atomic E-state index is 0.115. The maximum Gasteiger partial charge on any atom is 0.227 e. The second-order valence-electron chi connectivity index (χ2n) is 5.83. The van der Waals surface area contributed by atoms with E-state index in [2.05, 4.69) is 15.5 Å². The smallest absolute Gasteiger partial charge is 0.227 e. The molecule has 1 amide bonds. The molecule has 1 heterocycles. The first-order valence-electron chi connectivity index (χ1n) is 8.15. The van der Waals surface area contributed by atoms with Crippen LogP contribution in [0, 0.1) is 11.6 Å². The highest BCUT2D eigenvalue weighted by Gasteiger charge is 2.15. The van der Waals surface area contributed by atoms with Gasteiger partial charge >= 0.3 is 0 Å². The van der Waals surface area contributed by atoms with Crippen molar-refractivity contribution >= 4 is 5.91 Å². The molecule has 0 fully saturated rings. The summed E-state index contributed by atoms with van der Waals surface area (Å²) in [6.45, 7) is 1.63. The summed E-state index contributed by atoms with van der Waals surface area (Å²) in [6.07, 6.45) is 0.383. The fourth-order valence-corrected chi connectivity index (χ4v) is 2.53. The SMILES string of the molecule is C[C@@H](NC(=O)CCc1nc(-c2ccccc2)no1)c1ccc(F)cc1F. The summed E-state index contributed by atoms with van der Waals surface area (Å²) in [5.74, 6) is -0.833. The van der Waals surface area contributed by atoms with Gasteiger partial charge in [-0.25, -0.2) is 8.78 Å². The van der Waals surface area contributed by atoms with Gasteiger partial charge in [-0.15, -0.1) is 0 Å². The first-order chi connectivity index (χ1) is 12.5. The van der Waals surface area contributed by atoms with Crippen molar-refractivity contribution in [1.29, 1.82) is 0 Å². The lowest BCUT2D eigenvalue weighted by Crippen LogP contribution is -2.27. The van der Waals surface area contributed by atoms with E-state index in [-0.39, 0.29) is 24.3 Å². The van der Waals surface area contributed by atoms with Crippen LogP contribution in [0.4, 0.5) is 8.78 Å². The van der Waals surface area contributed by atoms with Crippen molar-refractivity contribution in [2.24, 2.45) is 0 Å². The second kappa shape index (κ2) is 7.86. The fourth-order valence-electron chi connectivity index (χ4n) is 2.53. The van der Waals surface area contributed by atoms with Crippen LogP contribution in [0.5, 0.6) is 0 Å². The molecule has 2 aromatic carbocycles. The highest BCUT2D eigenvalue weighted by Crippen LogP contribution is 2.18. The average molecular weight is 357 g/mol. The quantitative estimate of drug-likeness (QED) is 0.728. The Morgan fingerprint density at radius 3 is 2.69 bits per heavy atom. The van der Waals surface area contributed by atoms with E-state index in [1.807, 2.05) is 30.3 Å². The Hall–Kier alpha value is -3.09. The number of carbonyl (C=O) groups is 1. The van der Waals surface area contributed by atoms with Crippen LogP contribution in [0.2, 0.25) is 0 Å². The molecule has 7 heteroatoms. The summed E-state index contributed by atoms with van der Waals surface area (Å²) in [5.41, 5.74) is 1.05. The van der Waals surface area contributed by atoms with Gasteiger partial charge in [0.2, 0.25) is 17.6 Å². The molecular formula is C19H17F2N3O2. The molecule has 0 spiro atoms. The number of amides is 1. The molecule has 26 heavy (non-hydrogen) atoms. The standard InChI is InChI=1S/C19H17F2N3O2/c1-12(15-8-7-14(20)11-16(15)21)22-17(25)9-10-18-23-19(24-26-18)13-5-3-2-4-6-13/h2-8,11-12H,9-10H2,1H3,(H,22,25)/t12-/m1/s1. The molecule has 0 bridgehead atoms. The van der Waals surface area contributed by atoms with Crippen LogP contribution in [-0.4, -0.2) is 16.0 Å². The van der Waals surface area contributed by atoms with Gasteiger partial charge in [0.15, 0.2) is 0 Å². The summed E-state index contributed by atoms with van der Waals surface area (Å²) in [6, 6.07) is 12.0. The van der Waals surface area contributed by atoms with Gasteiger partial charge < -0.3 is 9.84 Å². The molecule has 0 aliphatic carbocycles. The number of nitrogens with zero attached hydrogens (tertiary/aromatic N) is 2. The fraction of sp³-hybridized carbons (Fsp3) is 0.211. The highest BCUT2D eigenvalue weighted by atomic mass is 19.1. The molecule has 134 valence electrons. The summed E-state index contributed by atoms with van der Waals surface area (Å²) >= 11 is 0. The van der Waals surface area contributed by atoms with E-state index < -0.39 is 17.7 Å². The van der Waals surface area contributed by atoms with Gasteiger partial charge in [-0.2, -0.15) is 4.98 Å². The molecule has 0 aliphatic rings. The van der Waals surface area contributed by atoms with Crippen molar-refractivity contribution in [3.63, 3.8) is 0 Å². The van der Waals surface area contributed by atoms with Gasteiger partial charge in [0, 0.05) is 30.0 Å². The summed E-state index contributed by atoms with van der Waals surface area (Å²) in [7, 11) is 0. The largest absolute Gasteiger partial charge is 0.349 e. The number of nitrogens with one attached hydrogen (secondary N) is 1. The summed E-state index contributed by atoms with van der Waals surface area (Å²) in [4.78, 5) is 16.3. The first-order valence-corrected chi connectivity index (χ1v) is 8.15. The lowest BCUT2D eigenvalue weighted by Gasteiger charge is -2.14. The van der Waals surface area contributed by atoms with Crippen LogP contribution < -0.4 is 5.32 Å². The van der Waals surface area contributed by atoms with E-state index in [0.717, 1.165) is 17.7 Å². The van der Waals surface area contributed by atoms with E-state index in [1.54, 1.807) is 6.92 Å². The minimum atomic E-state index is -0.692. The van der Waals surface area contributed by atoms with Crippen LogP contribution in [0.25, 0.3) is 11.4 Å². The third-order valence-corrected chi connectivity index (χ3v) is 3.87. The van der Waals surface area contributed by atoms with Crippen LogP contribution in [0.15, 0.2) is 53.1 Å². The number of aromatic nitrogens is 2. The van der Waals surface area contributed by atoms with Crippen LogP contribution in [-0.2, 0) is 11.2 Å². The van der Waals surface area contributed by atoms with Crippen molar-refractivity contribution in [3.8, 4) is 11.4 Å². The molecule has 0 aliphatic heterocycles. The molecule has 0 saturated heterocycles. The van der Waals surface area contributed by atoms with Crippen molar-refractivity contribution in [2.45, 2.75) is 25.8 Å². The molecule has 0 unspecified atom stereocenters. The van der Waals surface area contributed by atoms with Gasteiger partial charge in [-0.1, -0.05) is 41.6 Å². The molecule has 0 radical (unpaired) electrons. The Morgan fingerprint density at radius 2 is 1.96 bits per heavy atom. The van der Waals surface area contributed by atoms with Crippen LogP contribution in [0.1, 0.15) is 30.8 Å². The Labute approximate surface area is 149 Å². The van der Waals surface area contributed by atoms with E-state index in [9.17, 15) is 13.6 Å².